The second-order valence-corrected chi connectivity index (χ2v) is 6.04. The zero-order chi connectivity index (χ0) is 14.7. The van der Waals surface area contributed by atoms with Gasteiger partial charge in [-0.3, -0.25) is 4.79 Å². The molecule has 104 valence electrons. The summed E-state index contributed by atoms with van der Waals surface area (Å²) < 4.78 is 0.778. The Bertz CT molecular complexity index is 655. The van der Waals surface area contributed by atoms with Gasteiger partial charge < -0.3 is 16.4 Å². The summed E-state index contributed by atoms with van der Waals surface area (Å²) >= 11 is 12.8. The smallest absolute Gasteiger partial charge is 0.316 e. The van der Waals surface area contributed by atoms with Crippen molar-refractivity contribution >= 4 is 57.9 Å². The molecular formula is C12H9Cl2N3O2S. The molecule has 20 heavy (non-hydrogen) atoms. The number of thiophene rings is 1. The van der Waals surface area contributed by atoms with E-state index < -0.39 is 6.03 Å². The average Bonchev–Trinajstić information content (AvgIpc) is 2.70. The Morgan fingerprint density at radius 1 is 1.05 bits per heavy atom. The van der Waals surface area contributed by atoms with Crippen molar-refractivity contribution < 1.29 is 9.59 Å². The van der Waals surface area contributed by atoms with Gasteiger partial charge in [-0.05, 0) is 30.3 Å². The molecule has 0 aliphatic carbocycles. The number of primary amides is 1. The monoisotopic (exact) mass is 329 g/mol. The predicted octanol–water partition coefficient (Wildman–Crippen LogP) is 3.80. The van der Waals surface area contributed by atoms with Crippen LogP contribution >= 0.6 is 34.5 Å². The van der Waals surface area contributed by atoms with Crippen molar-refractivity contribution in [3.8, 4) is 0 Å². The number of nitrogens with two attached hydrogens (primary N) is 1. The predicted molar refractivity (Wildman–Crippen MR) is 81.9 cm³/mol. The van der Waals surface area contributed by atoms with Crippen LogP contribution in [-0.4, -0.2) is 11.9 Å². The maximum Gasteiger partial charge on any atom is 0.316 e. The standard InChI is InChI=1S/C12H9Cl2N3O2S/c13-9-5-8(10(14)20-9)11(18)16-6-1-3-7(4-2-6)17-12(15)19/h1-5H,(H,16,18)(H3,15,17,19). The van der Waals surface area contributed by atoms with Crippen LogP contribution in [0.5, 0.6) is 0 Å². The number of anilines is 2. The van der Waals surface area contributed by atoms with Crippen molar-refractivity contribution in [3.63, 3.8) is 0 Å². The lowest BCUT2D eigenvalue weighted by molar-refractivity contribution is 0.102. The average molecular weight is 330 g/mol. The molecular weight excluding hydrogens is 321 g/mol. The summed E-state index contributed by atoms with van der Waals surface area (Å²) in [6.07, 6.45) is 0. The molecule has 0 bridgehead atoms. The van der Waals surface area contributed by atoms with Crippen LogP contribution in [0.25, 0.3) is 0 Å². The minimum atomic E-state index is -0.651. The summed E-state index contributed by atoms with van der Waals surface area (Å²) in [7, 11) is 0. The minimum absolute atomic E-state index is 0.320. The van der Waals surface area contributed by atoms with E-state index >= 15 is 0 Å². The summed E-state index contributed by atoms with van der Waals surface area (Å²) in [5.41, 5.74) is 6.41. The fourth-order valence-corrected chi connectivity index (χ4v) is 2.93. The van der Waals surface area contributed by atoms with Crippen molar-refractivity contribution in [2.75, 3.05) is 10.6 Å². The molecule has 0 aliphatic heterocycles. The third-order valence-electron chi connectivity index (χ3n) is 2.31. The van der Waals surface area contributed by atoms with Gasteiger partial charge in [-0.25, -0.2) is 4.79 Å². The van der Waals surface area contributed by atoms with Crippen LogP contribution in [0.2, 0.25) is 8.67 Å². The van der Waals surface area contributed by atoms with Gasteiger partial charge in [0.15, 0.2) is 0 Å². The fraction of sp³-hybridized carbons (Fsp3) is 0. The lowest BCUT2D eigenvalue weighted by Gasteiger charge is -2.06. The quantitative estimate of drug-likeness (QED) is 0.800. The van der Waals surface area contributed by atoms with Gasteiger partial charge in [-0.2, -0.15) is 0 Å². The van der Waals surface area contributed by atoms with E-state index in [0.717, 1.165) is 11.3 Å². The van der Waals surface area contributed by atoms with Gasteiger partial charge in [-0.1, -0.05) is 23.2 Å². The van der Waals surface area contributed by atoms with E-state index in [2.05, 4.69) is 10.6 Å². The number of benzene rings is 1. The second kappa shape index (κ2) is 6.13. The van der Waals surface area contributed by atoms with Crippen LogP contribution < -0.4 is 16.4 Å². The highest BCUT2D eigenvalue weighted by Crippen LogP contribution is 2.31. The lowest BCUT2D eigenvalue weighted by atomic mass is 10.2. The van der Waals surface area contributed by atoms with Gasteiger partial charge in [0.1, 0.15) is 4.34 Å². The first kappa shape index (κ1) is 14.6. The number of nitrogens with one attached hydrogen (secondary N) is 2. The number of hydrogen-bond donors (Lipinski definition) is 3. The molecule has 1 aromatic heterocycles. The van der Waals surface area contributed by atoms with Gasteiger partial charge >= 0.3 is 6.03 Å². The van der Waals surface area contributed by atoms with Crippen molar-refractivity contribution in [3.05, 3.63) is 44.6 Å². The fourth-order valence-electron chi connectivity index (χ4n) is 1.47. The highest BCUT2D eigenvalue weighted by Gasteiger charge is 2.14. The molecule has 0 saturated carbocycles. The van der Waals surface area contributed by atoms with Gasteiger partial charge in [0.25, 0.3) is 5.91 Å². The molecule has 0 fully saturated rings. The SMILES string of the molecule is NC(=O)Nc1ccc(NC(=O)c2cc(Cl)sc2Cl)cc1. The molecule has 1 heterocycles. The van der Waals surface area contributed by atoms with Gasteiger partial charge in [0.2, 0.25) is 0 Å². The minimum Gasteiger partial charge on any atom is -0.351 e. The molecule has 8 heteroatoms. The van der Waals surface area contributed by atoms with Gasteiger partial charge in [0, 0.05) is 11.4 Å². The van der Waals surface area contributed by atoms with Crippen LogP contribution in [0.4, 0.5) is 16.2 Å². The first-order valence-corrected chi connectivity index (χ1v) is 6.95. The highest BCUT2D eigenvalue weighted by molar-refractivity contribution is 7.20. The number of amides is 3. The third-order valence-corrected chi connectivity index (χ3v) is 3.80. The molecule has 2 aromatic rings. The molecule has 0 spiro atoms. The van der Waals surface area contributed by atoms with E-state index in [4.69, 9.17) is 28.9 Å². The van der Waals surface area contributed by atoms with E-state index in [1.807, 2.05) is 0 Å². The maximum atomic E-state index is 12.0. The Labute approximate surface area is 128 Å². The molecule has 0 aliphatic rings. The largest absolute Gasteiger partial charge is 0.351 e. The molecule has 3 amide bonds. The number of urea groups is 1. The molecule has 0 saturated heterocycles. The van der Waals surface area contributed by atoms with E-state index in [1.54, 1.807) is 24.3 Å². The van der Waals surface area contributed by atoms with Gasteiger partial charge in [0.05, 0.1) is 9.90 Å². The Balaban J connectivity index is 2.08. The molecule has 5 nitrogen and oxygen atoms in total. The molecule has 0 radical (unpaired) electrons. The van der Waals surface area contributed by atoms with E-state index in [-0.39, 0.29) is 5.91 Å². The molecule has 0 unspecified atom stereocenters. The number of halogens is 2. The Morgan fingerprint density at radius 3 is 2.05 bits per heavy atom. The Morgan fingerprint density at radius 2 is 1.60 bits per heavy atom. The van der Waals surface area contributed by atoms with Crippen molar-refractivity contribution in [2.45, 2.75) is 0 Å². The van der Waals surface area contributed by atoms with Crippen LogP contribution in [0, 0.1) is 0 Å². The van der Waals surface area contributed by atoms with Crippen LogP contribution in [-0.2, 0) is 0 Å². The first-order chi connectivity index (χ1) is 9.45. The van der Waals surface area contributed by atoms with E-state index in [0.29, 0.717) is 25.6 Å². The number of hydrogen-bond acceptors (Lipinski definition) is 3. The topological polar surface area (TPSA) is 84.2 Å². The molecule has 2 rings (SSSR count). The number of carbonyl (C=O) groups is 2. The lowest BCUT2D eigenvalue weighted by Crippen LogP contribution is -2.19. The Kier molecular flexibility index (Phi) is 4.49. The summed E-state index contributed by atoms with van der Waals surface area (Å²) in [6.45, 7) is 0. The van der Waals surface area contributed by atoms with Crippen LogP contribution in [0.15, 0.2) is 30.3 Å². The second-order valence-electron chi connectivity index (χ2n) is 3.76. The zero-order valence-corrected chi connectivity index (χ0v) is 12.3. The highest BCUT2D eigenvalue weighted by atomic mass is 35.5. The van der Waals surface area contributed by atoms with Crippen LogP contribution in [0.3, 0.4) is 0 Å². The first-order valence-electron chi connectivity index (χ1n) is 5.38. The molecule has 1 aromatic carbocycles. The van der Waals surface area contributed by atoms with Crippen molar-refractivity contribution in [2.24, 2.45) is 5.73 Å². The summed E-state index contributed by atoms with van der Waals surface area (Å²) in [6, 6.07) is 7.34. The summed E-state index contributed by atoms with van der Waals surface area (Å²) in [5, 5.41) is 5.09. The Hall–Kier alpha value is -1.76. The van der Waals surface area contributed by atoms with E-state index in [1.165, 1.54) is 6.07 Å². The number of carbonyl (C=O) groups excluding carboxylic acids is 2. The molecule has 4 N–H and O–H groups in total. The van der Waals surface area contributed by atoms with E-state index in [9.17, 15) is 9.59 Å². The summed E-state index contributed by atoms with van der Waals surface area (Å²) in [4.78, 5) is 22.6. The zero-order valence-electron chi connectivity index (χ0n) is 9.94. The van der Waals surface area contributed by atoms with Gasteiger partial charge in [-0.15, -0.1) is 11.3 Å². The number of rotatable bonds is 3. The third kappa shape index (κ3) is 3.63. The maximum absolute atomic E-state index is 12.0. The van der Waals surface area contributed by atoms with Crippen LogP contribution in [0.1, 0.15) is 10.4 Å². The van der Waals surface area contributed by atoms with Crippen molar-refractivity contribution in [1.29, 1.82) is 0 Å². The summed E-state index contributed by atoms with van der Waals surface area (Å²) in [5.74, 6) is -0.353. The van der Waals surface area contributed by atoms with Crippen molar-refractivity contribution in [1.82, 2.24) is 0 Å². The normalized spacial score (nSPS) is 10.1. The molecule has 0 atom stereocenters.